The summed E-state index contributed by atoms with van der Waals surface area (Å²) < 4.78 is 7.18. The van der Waals surface area contributed by atoms with Gasteiger partial charge in [-0.05, 0) is 50.1 Å². The van der Waals surface area contributed by atoms with E-state index in [0.29, 0.717) is 28.3 Å². The van der Waals surface area contributed by atoms with E-state index < -0.39 is 5.97 Å². The van der Waals surface area contributed by atoms with Crippen molar-refractivity contribution in [1.29, 1.82) is 5.26 Å². The minimum absolute atomic E-state index is 0.278. The van der Waals surface area contributed by atoms with Gasteiger partial charge in [-0.15, -0.1) is 0 Å². The van der Waals surface area contributed by atoms with Crippen molar-refractivity contribution in [2.24, 2.45) is 0 Å². The van der Waals surface area contributed by atoms with E-state index in [9.17, 15) is 10.1 Å². The molecule has 0 amide bonds. The highest BCUT2D eigenvalue weighted by atomic mass is 16.5. The summed E-state index contributed by atoms with van der Waals surface area (Å²) in [5.41, 5.74) is 12.6. The van der Waals surface area contributed by atoms with E-state index in [1.54, 1.807) is 13.0 Å². The fourth-order valence-electron chi connectivity index (χ4n) is 4.00. The standard InChI is InChI=1S/C26H24N4O2/c1-4-32-26(31)21-14-23(19-11-8-12-20(28)13-19)30(17(21)3)25-22(15-27)16(2)24(29-25)18-9-6-5-7-10-18/h5-14,29H,4,28H2,1-3H3. The van der Waals surface area contributed by atoms with E-state index in [-0.39, 0.29) is 6.61 Å². The molecule has 0 aliphatic heterocycles. The maximum atomic E-state index is 12.7. The highest BCUT2D eigenvalue weighted by molar-refractivity contribution is 5.93. The topological polar surface area (TPSA) is 96.8 Å². The van der Waals surface area contributed by atoms with Crippen molar-refractivity contribution < 1.29 is 9.53 Å². The predicted octanol–water partition coefficient (Wildman–Crippen LogP) is 5.39. The number of carbonyl (C=O) groups excluding carboxylic acids is 1. The zero-order valence-corrected chi connectivity index (χ0v) is 18.3. The van der Waals surface area contributed by atoms with Crippen LogP contribution in [-0.2, 0) is 4.74 Å². The minimum atomic E-state index is -0.404. The Balaban J connectivity index is 2.01. The van der Waals surface area contributed by atoms with Gasteiger partial charge in [0.15, 0.2) is 0 Å². The Bertz CT molecular complexity index is 1340. The number of aromatic amines is 1. The van der Waals surface area contributed by atoms with E-state index in [4.69, 9.17) is 10.5 Å². The zero-order valence-electron chi connectivity index (χ0n) is 18.3. The number of aromatic nitrogens is 2. The van der Waals surface area contributed by atoms with Crippen LogP contribution in [0.1, 0.15) is 34.1 Å². The van der Waals surface area contributed by atoms with Gasteiger partial charge in [-0.2, -0.15) is 5.26 Å². The number of nitrogens with two attached hydrogens (primary N) is 1. The molecular weight excluding hydrogens is 400 g/mol. The first kappa shape index (κ1) is 21.0. The summed E-state index contributed by atoms with van der Waals surface area (Å²) in [4.78, 5) is 16.1. The van der Waals surface area contributed by atoms with E-state index in [2.05, 4.69) is 11.1 Å². The second-order valence-corrected chi connectivity index (χ2v) is 7.54. The first-order chi connectivity index (χ1) is 15.5. The molecule has 2 aromatic carbocycles. The lowest BCUT2D eigenvalue weighted by Crippen LogP contribution is -2.07. The molecule has 160 valence electrons. The Morgan fingerprint density at radius 3 is 2.47 bits per heavy atom. The molecule has 0 radical (unpaired) electrons. The Morgan fingerprint density at radius 2 is 1.81 bits per heavy atom. The summed E-state index contributed by atoms with van der Waals surface area (Å²) in [6.07, 6.45) is 0. The third kappa shape index (κ3) is 3.54. The summed E-state index contributed by atoms with van der Waals surface area (Å²) in [7, 11) is 0. The summed E-state index contributed by atoms with van der Waals surface area (Å²) in [5, 5.41) is 10.0. The third-order valence-electron chi connectivity index (χ3n) is 5.55. The first-order valence-corrected chi connectivity index (χ1v) is 10.4. The molecule has 6 nitrogen and oxygen atoms in total. The minimum Gasteiger partial charge on any atom is -0.462 e. The van der Waals surface area contributed by atoms with Crippen LogP contribution in [0.15, 0.2) is 60.7 Å². The molecule has 0 atom stereocenters. The number of ether oxygens (including phenoxy) is 1. The quantitative estimate of drug-likeness (QED) is 0.332. The van der Waals surface area contributed by atoms with Crippen molar-refractivity contribution in [1.82, 2.24) is 9.55 Å². The Labute approximate surface area is 186 Å². The van der Waals surface area contributed by atoms with Crippen molar-refractivity contribution >= 4 is 11.7 Å². The molecule has 6 heteroatoms. The van der Waals surface area contributed by atoms with Crippen molar-refractivity contribution in [3.8, 4) is 34.4 Å². The summed E-state index contributed by atoms with van der Waals surface area (Å²) in [6, 6.07) is 21.4. The molecule has 2 aromatic heterocycles. The molecule has 2 heterocycles. The number of rotatable bonds is 5. The van der Waals surface area contributed by atoms with Gasteiger partial charge in [0.25, 0.3) is 0 Å². The molecule has 0 saturated carbocycles. The number of nitrogens with zero attached hydrogens (tertiary/aromatic N) is 2. The van der Waals surface area contributed by atoms with Gasteiger partial charge in [0.2, 0.25) is 0 Å². The molecular formula is C26H24N4O2. The van der Waals surface area contributed by atoms with Gasteiger partial charge in [0, 0.05) is 16.9 Å². The van der Waals surface area contributed by atoms with E-state index in [0.717, 1.165) is 28.1 Å². The van der Waals surface area contributed by atoms with Gasteiger partial charge < -0.3 is 15.5 Å². The van der Waals surface area contributed by atoms with Crippen molar-refractivity contribution in [3.05, 3.63) is 83.0 Å². The van der Waals surface area contributed by atoms with Crippen LogP contribution in [0, 0.1) is 25.2 Å². The second-order valence-electron chi connectivity index (χ2n) is 7.54. The monoisotopic (exact) mass is 424 g/mol. The van der Waals surface area contributed by atoms with E-state index in [1.165, 1.54) is 0 Å². The number of esters is 1. The molecule has 0 aliphatic carbocycles. The average Bonchev–Trinajstić information content (AvgIpc) is 3.30. The molecule has 0 saturated heterocycles. The lowest BCUT2D eigenvalue weighted by atomic mass is 10.1. The molecule has 0 spiro atoms. The highest BCUT2D eigenvalue weighted by Crippen LogP contribution is 2.35. The number of carbonyl (C=O) groups is 1. The summed E-state index contributed by atoms with van der Waals surface area (Å²) in [5.74, 6) is 0.202. The van der Waals surface area contributed by atoms with Gasteiger partial charge in [-0.3, -0.25) is 4.57 Å². The van der Waals surface area contributed by atoms with Gasteiger partial charge in [-0.25, -0.2) is 4.79 Å². The van der Waals surface area contributed by atoms with Crippen LogP contribution < -0.4 is 5.73 Å². The SMILES string of the molecule is CCOC(=O)c1cc(-c2cccc(N)c2)n(-c2[nH]c(-c3ccccc3)c(C)c2C#N)c1C. The Morgan fingerprint density at radius 1 is 1.09 bits per heavy atom. The van der Waals surface area contributed by atoms with Gasteiger partial charge >= 0.3 is 5.97 Å². The molecule has 32 heavy (non-hydrogen) atoms. The molecule has 0 aliphatic rings. The van der Waals surface area contributed by atoms with E-state index >= 15 is 0 Å². The largest absolute Gasteiger partial charge is 0.462 e. The number of hydrogen-bond donors (Lipinski definition) is 2. The lowest BCUT2D eigenvalue weighted by Gasteiger charge is -2.12. The number of hydrogen-bond acceptors (Lipinski definition) is 4. The number of benzene rings is 2. The summed E-state index contributed by atoms with van der Waals surface area (Å²) in [6.45, 7) is 5.82. The van der Waals surface area contributed by atoms with Crippen LogP contribution >= 0.6 is 0 Å². The number of nitrogen functional groups attached to an aromatic ring is 1. The maximum Gasteiger partial charge on any atom is 0.339 e. The smallest absolute Gasteiger partial charge is 0.339 e. The third-order valence-corrected chi connectivity index (χ3v) is 5.55. The van der Waals surface area contributed by atoms with Gasteiger partial charge in [0.05, 0.1) is 29.1 Å². The predicted molar refractivity (Wildman–Crippen MR) is 126 cm³/mol. The van der Waals surface area contributed by atoms with Crippen molar-refractivity contribution in [2.45, 2.75) is 20.8 Å². The fraction of sp³-hybridized carbons (Fsp3) is 0.154. The van der Waals surface area contributed by atoms with Crippen molar-refractivity contribution in [2.75, 3.05) is 12.3 Å². The second kappa shape index (κ2) is 8.48. The normalized spacial score (nSPS) is 10.7. The Hall–Kier alpha value is -4.24. The maximum absolute atomic E-state index is 12.7. The zero-order chi connectivity index (χ0) is 22.8. The van der Waals surface area contributed by atoms with Gasteiger partial charge in [-0.1, -0.05) is 42.5 Å². The van der Waals surface area contributed by atoms with Gasteiger partial charge in [0.1, 0.15) is 11.9 Å². The number of nitrogens with one attached hydrogen (secondary N) is 1. The molecule has 4 aromatic rings. The van der Waals surface area contributed by atoms with E-state index in [1.807, 2.05) is 73.0 Å². The molecule has 0 bridgehead atoms. The highest BCUT2D eigenvalue weighted by Gasteiger charge is 2.25. The first-order valence-electron chi connectivity index (χ1n) is 10.4. The Kier molecular flexibility index (Phi) is 5.57. The molecule has 0 fully saturated rings. The number of nitriles is 1. The number of H-pyrrole nitrogens is 1. The molecule has 4 rings (SSSR count). The van der Waals surface area contributed by atoms with Crippen LogP contribution in [0.5, 0.6) is 0 Å². The molecule has 3 N–H and O–H groups in total. The fourth-order valence-corrected chi connectivity index (χ4v) is 4.00. The van der Waals surface area contributed by atoms with Crippen LogP contribution in [-0.4, -0.2) is 22.1 Å². The van der Waals surface area contributed by atoms with Crippen LogP contribution in [0.4, 0.5) is 5.69 Å². The van der Waals surface area contributed by atoms with Crippen LogP contribution in [0.3, 0.4) is 0 Å². The lowest BCUT2D eigenvalue weighted by molar-refractivity contribution is 0.0525. The average molecular weight is 425 g/mol. The van der Waals surface area contributed by atoms with Crippen LogP contribution in [0.2, 0.25) is 0 Å². The van der Waals surface area contributed by atoms with Crippen LogP contribution in [0.25, 0.3) is 28.3 Å². The van der Waals surface area contributed by atoms with Crippen molar-refractivity contribution in [3.63, 3.8) is 0 Å². The molecule has 0 unspecified atom stereocenters. The number of anilines is 1. The summed E-state index contributed by atoms with van der Waals surface area (Å²) >= 11 is 0.